The minimum absolute atomic E-state index is 0.131. The van der Waals surface area contributed by atoms with Crippen molar-refractivity contribution < 1.29 is 0 Å². The van der Waals surface area contributed by atoms with E-state index >= 15 is 0 Å². The van der Waals surface area contributed by atoms with Gasteiger partial charge in [0.1, 0.15) is 0 Å². The Hall–Kier alpha value is -0.0400. The van der Waals surface area contributed by atoms with Crippen LogP contribution in [0.25, 0.3) is 0 Å². The fraction of sp³-hybridized carbons (Fsp3) is 0.727. The molecule has 2 unspecified atom stereocenters. The Morgan fingerprint density at radius 1 is 1.76 bits per heavy atom. The van der Waals surface area contributed by atoms with Crippen LogP contribution in [0.3, 0.4) is 0 Å². The maximum Gasteiger partial charge on any atom is 0.0784 e. The number of halogens is 1. The number of hydrazine groups is 1. The van der Waals surface area contributed by atoms with Crippen LogP contribution in [-0.2, 0) is 6.54 Å². The second kappa shape index (κ2) is 5.30. The summed E-state index contributed by atoms with van der Waals surface area (Å²) in [6, 6.07) is 0.131. The van der Waals surface area contributed by atoms with Crippen LogP contribution in [0.4, 0.5) is 0 Å². The second-order valence-electron chi connectivity index (χ2n) is 4.56. The third-order valence-electron chi connectivity index (χ3n) is 3.43. The number of thioether (sulfide) groups is 1. The molecular formula is C11H19BrN4S. The summed E-state index contributed by atoms with van der Waals surface area (Å²) in [5, 5.41) is 4.37. The molecule has 0 saturated carbocycles. The van der Waals surface area contributed by atoms with Gasteiger partial charge in [0, 0.05) is 11.3 Å². The molecule has 2 atom stereocenters. The Labute approximate surface area is 115 Å². The van der Waals surface area contributed by atoms with Crippen molar-refractivity contribution in [1.82, 2.24) is 15.2 Å². The van der Waals surface area contributed by atoms with E-state index in [9.17, 15) is 0 Å². The molecule has 1 fully saturated rings. The number of nitrogens with zero attached hydrogens (tertiary/aromatic N) is 2. The number of hydrogen-bond donors (Lipinski definition) is 2. The summed E-state index contributed by atoms with van der Waals surface area (Å²) in [5.41, 5.74) is 4.15. The van der Waals surface area contributed by atoms with Crippen LogP contribution in [0.5, 0.6) is 0 Å². The lowest BCUT2D eigenvalue weighted by atomic mass is 9.94. The molecule has 4 nitrogen and oxygen atoms in total. The first-order valence-corrected chi connectivity index (χ1v) is 7.71. The minimum Gasteiger partial charge on any atom is -0.271 e. The van der Waals surface area contributed by atoms with Crippen molar-refractivity contribution in [2.45, 2.75) is 44.0 Å². The van der Waals surface area contributed by atoms with Crippen molar-refractivity contribution in [1.29, 1.82) is 0 Å². The normalized spacial score (nSPS) is 26.4. The fourth-order valence-corrected chi connectivity index (χ4v) is 4.40. The highest BCUT2D eigenvalue weighted by Gasteiger charge is 2.40. The van der Waals surface area contributed by atoms with Gasteiger partial charge in [-0.3, -0.25) is 10.5 Å². The molecule has 1 aromatic rings. The predicted octanol–water partition coefficient (Wildman–Crippen LogP) is 2.46. The topological polar surface area (TPSA) is 55.9 Å². The first-order valence-electron chi connectivity index (χ1n) is 5.93. The van der Waals surface area contributed by atoms with E-state index in [1.54, 1.807) is 0 Å². The van der Waals surface area contributed by atoms with Crippen LogP contribution in [0, 0.1) is 0 Å². The SMILES string of the molecule is CCn1ncc(Br)c1C(NN)C1(C)CCCS1. The van der Waals surface area contributed by atoms with Crippen molar-refractivity contribution in [2.75, 3.05) is 5.75 Å². The number of aromatic nitrogens is 2. The Bertz CT molecular complexity index is 387. The lowest BCUT2D eigenvalue weighted by molar-refractivity contribution is 0.391. The standard InChI is InChI=1S/C11H19BrN4S/c1-3-16-9(8(12)7-14-16)10(15-13)11(2)5-4-6-17-11/h7,10,15H,3-6,13H2,1-2H3. The molecule has 0 amide bonds. The molecular weight excluding hydrogens is 300 g/mol. The van der Waals surface area contributed by atoms with Gasteiger partial charge in [-0.15, -0.1) is 0 Å². The molecule has 0 aliphatic carbocycles. The van der Waals surface area contributed by atoms with Gasteiger partial charge < -0.3 is 0 Å². The van der Waals surface area contributed by atoms with Gasteiger partial charge in [-0.2, -0.15) is 16.9 Å². The van der Waals surface area contributed by atoms with Gasteiger partial charge in [0.25, 0.3) is 0 Å². The molecule has 0 bridgehead atoms. The van der Waals surface area contributed by atoms with E-state index in [4.69, 9.17) is 5.84 Å². The Balaban J connectivity index is 2.37. The number of rotatable bonds is 4. The summed E-state index contributed by atoms with van der Waals surface area (Å²) in [6.45, 7) is 5.25. The predicted molar refractivity (Wildman–Crippen MR) is 75.8 cm³/mol. The van der Waals surface area contributed by atoms with Crippen molar-refractivity contribution >= 4 is 27.7 Å². The number of hydrogen-bond acceptors (Lipinski definition) is 4. The zero-order valence-corrected chi connectivity index (χ0v) is 12.6. The zero-order valence-electron chi connectivity index (χ0n) is 10.2. The molecule has 6 heteroatoms. The molecule has 2 rings (SSSR count). The highest BCUT2D eigenvalue weighted by molar-refractivity contribution is 9.10. The van der Waals surface area contributed by atoms with Crippen LogP contribution < -0.4 is 11.3 Å². The van der Waals surface area contributed by atoms with Gasteiger partial charge in [0.2, 0.25) is 0 Å². The molecule has 17 heavy (non-hydrogen) atoms. The molecule has 1 aliphatic heterocycles. The highest BCUT2D eigenvalue weighted by atomic mass is 79.9. The summed E-state index contributed by atoms with van der Waals surface area (Å²) in [7, 11) is 0. The third-order valence-corrected chi connectivity index (χ3v) is 5.64. The third kappa shape index (κ3) is 2.41. The first-order chi connectivity index (χ1) is 8.12. The number of nitrogens with two attached hydrogens (primary N) is 1. The molecule has 1 saturated heterocycles. The second-order valence-corrected chi connectivity index (χ2v) is 7.04. The average Bonchev–Trinajstić information content (AvgIpc) is 2.89. The van der Waals surface area contributed by atoms with E-state index in [-0.39, 0.29) is 10.8 Å². The summed E-state index contributed by atoms with van der Waals surface area (Å²) in [6.07, 6.45) is 4.30. The van der Waals surface area contributed by atoms with Gasteiger partial charge in [0.05, 0.1) is 22.4 Å². The van der Waals surface area contributed by atoms with Gasteiger partial charge in [-0.25, -0.2) is 5.43 Å². The molecule has 1 aliphatic rings. The van der Waals surface area contributed by atoms with E-state index in [0.717, 1.165) is 16.7 Å². The minimum atomic E-state index is 0.131. The summed E-state index contributed by atoms with van der Waals surface area (Å²) < 4.78 is 3.21. The quantitative estimate of drug-likeness (QED) is 0.661. The smallest absolute Gasteiger partial charge is 0.0784 e. The van der Waals surface area contributed by atoms with E-state index in [1.807, 2.05) is 22.6 Å². The van der Waals surface area contributed by atoms with Gasteiger partial charge in [-0.05, 0) is 48.4 Å². The van der Waals surface area contributed by atoms with Crippen LogP contribution in [0.2, 0.25) is 0 Å². The Morgan fingerprint density at radius 2 is 2.53 bits per heavy atom. The van der Waals surface area contributed by atoms with Gasteiger partial charge >= 0.3 is 0 Å². The van der Waals surface area contributed by atoms with Crippen LogP contribution in [0.1, 0.15) is 38.4 Å². The number of aryl methyl sites for hydroxylation is 1. The van der Waals surface area contributed by atoms with E-state index in [1.165, 1.54) is 18.6 Å². The zero-order chi connectivity index (χ0) is 12.5. The largest absolute Gasteiger partial charge is 0.271 e. The maximum atomic E-state index is 5.80. The molecule has 1 aromatic heterocycles. The van der Waals surface area contributed by atoms with Crippen molar-refractivity contribution in [3.05, 3.63) is 16.4 Å². The average molecular weight is 319 g/mol. The molecule has 0 radical (unpaired) electrons. The molecule has 0 aromatic carbocycles. The lowest BCUT2D eigenvalue weighted by Gasteiger charge is -2.33. The van der Waals surface area contributed by atoms with Crippen LogP contribution in [0.15, 0.2) is 10.7 Å². The summed E-state index contributed by atoms with van der Waals surface area (Å²) in [5.74, 6) is 7.01. The monoisotopic (exact) mass is 318 g/mol. The molecule has 3 N–H and O–H groups in total. The van der Waals surface area contributed by atoms with Crippen LogP contribution in [-0.4, -0.2) is 20.3 Å². The van der Waals surface area contributed by atoms with Crippen LogP contribution >= 0.6 is 27.7 Å². The summed E-state index contributed by atoms with van der Waals surface area (Å²) >= 11 is 5.58. The molecule has 2 heterocycles. The first kappa shape index (κ1) is 13.4. The van der Waals surface area contributed by atoms with E-state index < -0.39 is 0 Å². The lowest BCUT2D eigenvalue weighted by Crippen LogP contribution is -2.42. The van der Waals surface area contributed by atoms with E-state index in [0.29, 0.717) is 0 Å². The molecule has 96 valence electrons. The highest BCUT2D eigenvalue weighted by Crippen LogP contribution is 2.47. The molecule has 0 spiro atoms. The summed E-state index contributed by atoms with van der Waals surface area (Å²) in [4.78, 5) is 0. The Morgan fingerprint density at radius 3 is 3.06 bits per heavy atom. The number of nitrogens with one attached hydrogen (secondary N) is 1. The Kier molecular flexibility index (Phi) is 4.18. The van der Waals surface area contributed by atoms with Crippen molar-refractivity contribution in [3.63, 3.8) is 0 Å². The van der Waals surface area contributed by atoms with E-state index in [2.05, 4.69) is 40.3 Å². The van der Waals surface area contributed by atoms with Gasteiger partial charge in [0.15, 0.2) is 0 Å². The van der Waals surface area contributed by atoms with Crippen molar-refractivity contribution in [3.8, 4) is 0 Å². The van der Waals surface area contributed by atoms with Crippen molar-refractivity contribution in [2.24, 2.45) is 5.84 Å². The fourth-order valence-electron chi connectivity index (χ4n) is 2.48. The maximum absolute atomic E-state index is 5.80. The van der Waals surface area contributed by atoms with Gasteiger partial charge in [-0.1, -0.05) is 0 Å².